The van der Waals surface area contributed by atoms with Gasteiger partial charge in [-0.05, 0) is 6.58 Å². The molecule has 13 heavy (non-hydrogen) atoms. The Morgan fingerprint density at radius 2 is 2.46 bits per heavy atom. The van der Waals surface area contributed by atoms with Crippen molar-refractivity contribution >= 4 is 0 Å². The predicted octanol–water partition coefficient (Wildman–Crippen LogP) is -0.757. The van der Waals surface area contributed by atoms with Crippen molar-refractivity contribution in [1.29, 1.82) is 0 Å². The molecule has 0 aliphatic carbocycles. The van der Waals surface area contributed by atoms with E-state index in [-0.39, 0.29) is 19.3 Å². The Hall–Kier alpha value is -0.780. The van der Waals surface area contributed by atoms with Gasteiger partial charge < -0.3 is 24.4 Å². The van der Waals surface area contributed by atoms with Gasteiger partial charge in [0, 0.05) is 0 Å². The monoisotopic (exact) mass is 190 g/mol. The molecule has 0 radical (unpaired) electrons. The molecule has 5 nitrogen and oxygen atoms in total. The van der Waals surface area contributed by atoms with E-state index in [9.17, 15) is 0 Å². The molecule has 0 amide bonds. The normalized spacial score (nSPS) is 23.8. The van der Waals surface area contributed by atoms with Crippen LogP contribution in [0.5, 0.6) is 0 Å². The van der Waals surface area contributed by atoms with Gasteiger partial charge in [0.25, 0.3) is 5.95 Å². The summed E-state index contributed by atoms with van der Waals surface area (Å²) in [6.45, 7) is 4.03. The molecule has 0 saturated carbocycles. The van der Waals surface area contributed by atoms with Crippen molar-refractivity contribution in [2.75, 3.05) is 26.4 Å². The van der Waals surface area contributed by atoms with Gasteiger partial charge in [-0.2, -0.15) is 0 Å². The SMILES string of the molecule is C=C1OCC(COCC(O)CO)O1. The first-order valence-corrected chi connectivity index (χ1v) is 4.07. The molecule has 5 heteroatoms. The summed E-state index contributed by atoms with van der Waals surface area (Å²) in [4.78, 5) is 0. The van der Waals surface area contributed by atoms with Crippen LogP contribution in [0, 0.1) is 0 Å². The number of aliphatic hydroxyl groups is 2. The zero-order valence-electron chi connectivity index (χ0n) is 7.31. The Morgan fingerprint density at radius 3 is 3.00 bits per heavy atom. The Kier molecular flexibility index (Phi) is 4.01. The summed E-state index contributed by atoms with van der Waals surface area (Å²) in [6.07, 6.45) is -0.982. The van der Waals surface area contributed by atoms with Gasteiger partial charge in [0.05, 0.1) is 19.8 Å². The van der Waals surface area contributed by atoms with E-state index >= 15 is 0 Å². The van der Waals surface area contributed by atoms with Gasteiger partial charge in [-0.3, -0.25) is 0 Å². The van der Waals surface area contributed by atoms with E-state index in [0.717, 1.165) is 0 Å². The van der Waals surface area contributed by atoms with E-state index in [0.29, 0.717) is 19.2 Å². The van der Waals surface area contributed by atoms with Crippen molar-refractivity contribution in [3.63, 3.8) is 0 Å². The van der Waals surface area contributed by atoms with E-state index in [1.807, 2.05) is 0 Å². The van der Waals surface area contributed by atoms with Crippen molar-refractivity contribution < 1.29 is 24.4 Å². The third-order valence-corrected chi connectivity index (χ3v) is 1.55. The van der Waals surface area contributed by atoms with Crippen molar-refractivity contribution in [2.24, 2.45) is 0 Å². The van der Waals surface area contributed by atoms with E-state index in [1.165, 1.54) is 0 Å². The van der Waals surface area contributed by atoms with E-state index in [2.05, 4.69) is 6.58 Å². The quantitative estimate of drug-likeness (QED) is 0.596. The minimum Gasteiger partial charge on any atom is -0.462 e. The number of hydrogen-bond acceptors (Lipinski definition) is 5. The number of rotatable bonds is 5. The summed E-state index contributed by atoms with van der Waals surface area (Å²) >= 11 is 0. The molecular weight excluding hydrogens is 176 g/mol. The molecule has 1 heterocycles. The van der Waals surface area contributed by atoms with Crippen LogP contribution in [0.3, 0.4) is 0 Å². The van der Waals surface area contributed by atoms with Crippen LogP contribution in [-0.2, 0) is 14.2 Å². The Bertz CT molecular complexity index is 170. The summed E-state index contributed by atoms with van der Waals surface area (Å²) in [6, 6.07) is 0. The zero-order valence-corrected chi connectivity index (χ0v) is 7.31. The predicted molar refractivity (Wildman–Crippen MR) is 43.9 cm³/mol. The lowest BCUT2D eigenvalue weighted by Gasteiger charge is -2.10. The van der Waals surface area contributed by atoms with E-state index in [4.69, 9.17) is 24.4 Å². The maximum Gasteiger partial charge on any atom is 0.272 e. The molecule has 0 aromatic carbocycles. The second kappa shape index (κ2) is 5.06. The van der Waals surface area contributed by atoms with Crippen LogP contribution in [0.2, 0.25) is 0 Å². The molecule has 2 atom stereocenters. The minimum atomic E-state index is -0.828. The van der Waals surface area contributed by atoms with Gasteiger partial charge in [0.15, 0.2) is 6.10 Å². The maximum absolute atomic E-state index is 8.92. The lowest BCUT2D eigenvalue weighted by atomic mass is 10.4. The standard InChI is InChI=1S/C8H14O5/c1-6-12-5-8(13-6)4-11-3-7(10)2-9/h7-10H,1-5H2. The van der Waals surface area contributed by atoms with Crippen LogP contribution in [0.4, 0.5) is 0 Å². The molecule has 0 bridgehead atoms. The van der Waals surface area contributed by atoms with Gasteiger partial charge in [-0.15, -0.1) is 0 Å². The Labute approximate surface area is 76.5 Å². The molecule has 0 spiro atoms. The molecule has 0 aromatic heterocycles. The van der Waals surface area contributed by atoms with Crippen molar-refractivity contribution in [3.8, 4) is 0 Å². The van der Waals surface area contributed by atoms with Crippen molar-refractivity contribution in [2.45, 2.75) is 12.2 Å². The van der Waals surface area contributed by atoms with Crippen LogP contribution in [0.15, 0.2) is 12.5 Å². The van der Waals surface area contributed by atoms with Crippen molar-refractivity contribution in [3.05, 3.63) is 12.5 Å². The molecule has 1 aliphatic rings. The third kappa shape index (κ3) is 3.63. The lowest BCUT2D eigenvalue weighted by molar-refractivity contribution is -0.0209. The van der Waals surface area contributed by atoms with Crippen LogP contribution >= 0.6 is 0 Å². The average Bonchev–Trinajstić information content (AvgIpc) is 2.51. The summed E-state index contributed by atoms with van der Waals surface area (Å²) in [5.74, 6) is 0.302. The van der Waals surface area contributed by atoms with E-state index < -0.39 is 6.10 Å². The molecule has 1 saturated heterocycles. The van der Waals surface area contributed by atoms with Crippen molar-refractivity contribution in [1.82, 2.24) is 0 Å². The zero-order chi connectivity index (χ0) is 9.68. The number of aliphatic hydroxyl groups excluding tert-OH is 2. The van der Waals surface area contributed by atoms with Gasteiger partial charge >= 0.3 is 0 Å². The molecule has 0 aromatic rings. The van der Waals surface area contributed by atoms with Gasteiger partial charge in [-0.1, -0.05) is 0 Å². The Balaban J connectivity index is 2.03. The highest BCUT2D eigenvalue weighted by molar-refractivity contribution is 4.79. The second-order valence-electron chi connectivity index (χ2n) is 2.80. The highest BCUT2D eigenvalue weighted by Gasteiger charge is 2.20. The summed E-state index contributed by atoms with van der Waals surface area (Å²) in [7, 11) is 0. The summed E-state index contributed by atoms with van der Waals surface area (Å²) in [5, 5.41) is 17.4. The summed E-state index contributed by atoms with van der Waals surface area (Å²) in [5.41, 5.74) is 0. The number of hydrogen-bond donors (Lipinski definition) is 2. The second-order valence-corrected chi connectivity index (χ2v) is 2.80. The topological polar surface area (TPSA) is 68.2 Å². The van der Waals surface area contributed by atoms with Gasteiger partial charge in [-0.25, -0.2) is 0 Å². The fourth-order valence-electron chi connectivity index (χ4n) is 0.910. The first-order valence-electron chi connectivity index (χ1n) is 4.07. The first-order chi connectivity index (χ1) is 6.22. The molecule has 76 valence electrons. The highest BCUT2D eigenvalue weighted by Crippen LogP contribution is 2.12. The van der Waals surface area contributed by atoms with Crippen LogP contribution in [-0.4, -0.2) is 48.8 Å². The molecule has 1 rings (SSSR count). The lowest BCUT2D eigenvalue weighted by Crippen LogP contribution is -2.24. The maximum atomic E-state index is 8.92. The molecule has 2 unspecified atom stereocenters. The van der Waals surface area contributed by atoms with Crippen LogP contribution in [0.1, 0.15) is 0 Å². The van der Waals surface area contributed by atoms with Gasteiger partial charge in [0.1, 0.15) is 12.7 Å². The molecule has 1 fully saturated rings. The molecule has 1 aliphatic heterocycles. The fraction of sp³-hybridized carbons (Fsp3) is 0.750. The molecular formula is C8H14O5. The number of ether oxygens (including phenoxy) is 3. The van der Waals surface area contributed by atoms with Crippen LogP contribution < -0.4 is 0 Å². The first kappa shape index (κ1) is 10.3. The fourth-order valence-corrected chi connectivity index (χ4v) is 0.910. The van der Waals surface area contributed by atoms with E-state index in [1.54, 1.807) is 0 Å². The van der Waals surface area contributed by atoms with Crippen LogP contribution in [0.25, 0.3) is 0 Å². The summed E-state index contributed by atoms with van der Waals surface area (Å²) < 4.78 is 15.1. The molecule has 2 N–H and O–H groups in total. The third-order valence-electron chi connectivity index (χ3n) is 1.55. The highest BCUT2D eigenvalue weighted by atomic mass is 16.7. The average molecular weight is 190 g/mol. The minimum absolute atomic E-state index is 0.100. The Morgan fingerprint density at radius 1 is 1.69 bits per heavy atom. The largest absolute Gasteiger partial charge is 0.462 e. The smallest absolute Gasteiger partial charge is 0.272 e. The van der Waals surface area contributed by atoms with Gasteiger partial charge in [0.2, 0.25) is 0 Å².